The molecular formula is C13H14N2O2. The lowest BCUT2D eigenvalue weighted by Gasteiger charge is -2.39. The number of nitrogens with zero attached hydrogens (tertiary/aromatic N) is 1. The first-order chi connectivity index (χ1) is 8.28. The van der Waals surface area contributed by atoms with E-state index in [1.54, 1.807) is 0 Å². The van der Waals surface area contributed by atoms with Gasteiger partial charge in [-0.3, -0.25) is 4.79 Å². The van der Waals surface area contributed by atoms with Gasteiger partial charge in [-0.05, 0) is 17.5 Å². The summed E-state index contributed by atoms with van der Waals surface area (Å²) in [6.45, 7) is 1.84. The number of pyridine rings is 1. The molecule has 0 spiro atoms. The van der Waals surface area contributed by atoms with Crippen LogP contribution in [0.2, 0.25) is 0 Å². The summed E-state index contributed by atoms with van der Waals surface area (Å²) in [6, 6.07) is 9.55. The zero-order valence-corrected chi connectivity index (χ0v) is 9.39. The van der Waals surface area contributed by atoms with Gasteiger partial charge >= 0.3 is 0 Å². The number of benzene rings is 1. The summed E-state index contributed by atoms with van der Waals surface area (Å²) < 4.78 is 0. The minimum absolute atomic E-state index is 0.0504. The maximum Gasteiger partial charge on any atom is 0.257 e. The van der Waals surface area contributed by atoms with Crippen molar-refractivity contribution in [1.82, 2.24) is 4.98 Å². The topological polar surface area (TPSA) is 56.3 Å². The predicted molar refractivity (Wildman–Crippen MR) is 67.4 cm³/mol. The van der Waals surface area contributed by atoms with Crippen LogP contribution in [0.3, 0.4) is 0 Å². The lowest BCUT2D eigenvalue weighted by Crippen LogP contribution is -2.49. The summed E-state index contributed by atoms with van der Waals surface area (Å²) in [5.41, 5.74) is -0.0504. The summed E-state index contributed by atoms with van der Waals surface area (Å²) in [7, 11) is 0. The van der Waals surface area contributed by atoms with Crippen LogP contribution >= 0.6 is 0 Å². The normalized spacial score (nSPS) is 16.2. The van der Waals surface area contributed by atoms with E-state index >= 15 is 0 Å². The molecule has 4 nitrogen and oxygen atoms in total. The molecule has 0 saturated carbocycles. The number of anilines is 1. The molecule has 88 valence electrons. The van der Waals surface area contributed by atoms with E-state index in [4.69, 9.17) is 5.11 Å². The zero-order chi connectivity index (χ0) is 11.8. The molecule has 0 aliphatic carbocycles. The van der Waals surface area contributed by atoms with Crippen LogP contribution in [0.1, 0.15) is 0 Å². The van der Waals surface area contributed by atoms with E-state index in [1.807, 2.05) is 30.3 Å². The molecule has 2 heterocycles. The van der Waals surface area contributed by atoms with E-state index in [0.29, 0.717) is 5.92 Å². The highest BCUT2D eigenvalue weighted by atomic mass is 16.3. The summed E-state index contributed by atoms with van der Waals surface area (Å²) in [5, 5.41) is 10.7. The summed E-state index contributed by atoms with van der Waals surface area (Å²) in [6.07, 6.45) is 0. The molecule has 0 amide bonds. The number of hydrogen-bond acceptors (Lipinski definition) is 3. The van der Waals surface area contributed by atoms with Crippen LogP contribution in [0, 0.1) is 5.92 Å². The third kappa shape index (κ3) is 1.70. The molecule has 1 aromatic carbocycles. The number of nitrogens with one attached hydrogen (secondary N) is 1. The highest BCUT2D eigenvalue weighted by molar-refractivity contribution is 5.83. The van der Waals surface area contributed by atoms with Gasteiger partial charge < -0.3 is 15.0 Å². The van der Waals surface area contributed by atoms with Gasteiger partial charge in [0, 0.05) is 31.0 Å². The van der Waals surface area contributed by atoms with Gasteiger partial charge in [-0.1, -0.05) is 18.2 Å². The molecular weight excluding hydrogens is 216 g/mol. The molecule has 1 aliphatic rings. The van der Waals surface area contributed by atoms with Crippen molar-refractivity contribution in [2.24, 2.45) is 5.92 Å². The maximum absolute atomic E-state index is 11.9. The van der Waals surface area contributed by atoms with Crippen LogP contribution in [0.25, 0.3) is 10.8 Å². The first kappa shape index (κ1) is 10.4. The van der Waals surface area contributed by atoms with Crippen molar-refractivity contribution in [2.45, 2.75) is 0 Å². The summed E-state index contributed by atoms with van der Waals surface area (Å²) >= 11 is 0. The maximum atomic E-state index is 11.9. The van der Waals surface area contributed by atoms with Crippen LogP contribution in [0.4, 0.5) is 5.82 Å². The molecule has 0 atom stereocenters. The molecule has 1 aromatic heterocycles. The Morgan fingerprint density at radius 2 is 2.12 bits per heavy atom. The fourth-order valence-corrected chi connectivity index (χ4v) is 2.25. The van der Waals surface area contributed by atoms with Gasteiger partial charge in [-0.15, -0.1) is 0 Å². The van der Waals surface area contributed by atoms with Gasteiger partial charge in [0.05, 0.1) is 0 Å². The number of hydrogen-bond donors (Lipinski definition) is 2. The largest absolute Gasteiger partial charge is 0.396 e. The fourth-order valence-electron chi connectivity index (χ4n) is 2.25. The quantitative estimate of drug-likeness (QED) is 0.807. The Balaban J connectivity index is 1.99. The van der Waals surface area contributed by atoms with Gasteiger partial charge in [0.15, 0.2) is 0 Å². The SMILES string of the molecule is O=c1[nH]c(N2CC(CO)C2)cc2ccccc12. The zero-order valence-electron chi connectivity index (χ0n) is 9.39. The van der Waals surface area contributed by atoms with Crippen molar-refractivity contribution in [2.75, 3.05) is 24.6 Å². The van der Waals surface area contributed by atoms with E-state index in [2.05, 4.69) is 9.88 Å². The smallest absolute Gasteiger partial charge is 0.257 e. The van der Waals surface area contributed by atoms with Crippen LogP contribution in [-0.2, 0) is 0 Å². The van der Waals surface area contributed by atoms with E-state index in [9.17, 15) is 4.79 Å². The number of fused-ring (bicyclic) bond motifs is 1. The number of aliphatic hydroxyl groups is 1. The summed E-state index contributed by atoms with van der Waals surface area (Å²) in [4.78, 5) is 16.8. The Morgan fingerprint density at radius 1 is 1.35 bits per heavy atom. The molecule has 0 radical (unpaired) electrons. The van der Waals surface area contributed by atoms with E-state index in [0.717, 1.165) is 29.7 Å². The average molecular weight is 230 g/mol. The highest BCUT2D eigenvalue weighted by Gasteiger charge is 2.26. The lowest BCUT2D eigenvalue weighted by molar-refractivity contribution is 0.200. The number of aromatic nitrogens is 1. The molecule has 1 saturated heterocycles. The molecule has 1 aliphatic heterocycles. The Labute approximate surface area is 98.5 Å². The third-order valence-electron chi connectivity index (χ3n) is 3.30. The average Bonchev–Trinajstić information content (AvgIpc) is 2.28. The van der Waals surface area contributed by atoms with Crippen molar-refractivity contribution < 1.29 is 5.11 Å². The van der Waals surface area contributed by atoms with E-state index in [1.165, 1.54) is 0 Å². The molecule has 3 rings (SSSR count). The molecule has 0 bridgehead atoms. The van der Waals surface area contributed by atoms with Crippen LogP contribution < -0.4 is 10.5 Å². The Morgan fingerprint density at radius 3 is 2.88 bits per heavy atom. The highest BCUT2D eigenvalue weighted by Crippen LogP contribution is 2.23. The number of rotatable bonds is 2. The van der Waals surface area contributed by atoms with Crippen molar-refractivity contribution in [3.05, 3.63) is 40.7 Å². The van der Waals surface area contributed by atoms with Gasteiger partial charge in [0.1, 0.15) is 5.82 Å². The van der Waals surface area contributed by atoms with Crippen molar-refractivity contribution in [3.63, 3.8) is 0 Å². The molecule has 2 aromatic rings. The molecule has 1 fully saturated rings. The third-order valence-corrected chi connectivity index (χ3v) is 3.30. The van der Waals surface area contributed by atoms with Crippen molar-refractivity contribution in [3.8, 4) is 0 Å². The Kier molecular flexibility index (Phi) is 2.37. The second-order valence-corrected chi connectivity index (χ2v) is 4.52. The van der Waals surface area contributed by atoms with Gasteiger partial charge in [0.25, 0.3) is 5.56 Å². The minimum Gasteiger partial charge on any atom is -0.396 e. The molecule has 2 N–H and O–H groups in total. The Bertz CT molecular complexity index is 600. The molecule has 17 heavy (non-hydrogen) atoms. The fraction of sp³-hybridized carbons (Fsp3) is 0.308. The summed E-state index contributed by atoms with van der Waals surface area (Å²) in [5.74, 6) is 1.18. The molecule has 4 heteroatoms. The van der Waals surface area contributed by atoms with Gasteiger partial charge in [0.2, 0.25) is 0 Å². The number of H-pyrrole nitrogens is 1. The van der Waals surface area contributed by atoms with E-state index in [-0.39, 0.29) is 12.2 Å². The van der Waals surface area contributed by atoms with Gasteiger partial charge in [-0.25, -0.2) is 0 Å². The van der Waals surface area contributed by atoms with Gasteiger partial charge in [-0.2, -0.15) is 0 Å². The van der Waals surface area contributed by atoms with Crippen LogP contribution in [-0.4, -0.2) is 29.8 Å². The number of aromatic amines is 1. The molecule has 0 unspecified atom stereocenters. The second kappa shape index (κ2) is 3.89. The number of aliphatic hydroxyl groups excluding tert-OH is 1. The standard InChI is InChI=1S/C13H14N2O2/c16-8-9-6-15(7-9)12-5-10-3-1-2-4-11(10)13(17)14-12/h1-5,9,16H,6-8H2,(H,14,17). The predicted octanol–water partition coefficient (Wildman–Crippen LogP) is 0.957. The lowest BCUT2D eigenvalue weighted by atomic mass is 10.0. The first-order valence-electron chi connectivity index (χ1n) is 5.76. The minimum atomic E-state index is -0.0504. The van der Waals surface area contributed by atoms with Crippen LogP contribution in [0.5, 0.6) is 0 Å². The second-order valence-electron chi connectivity index (χ2n) is 4.52. The Hall–Kier alpha value is -1.81. The van der Waals surface area contributed by atoms with E-state index < -0.39 is 0 Å². The first-order valence-corrected chi connectivity index (χ1v) is 5.76. The van der Waals surface area contributed by atoms with Crippen LogP contribution in [0.15, 0.2) is 35.1 Å². The monoisotopic (exact) mass is 230 g/mol. The van der Waals surface area contributed by atoms with Crippen molar-refractivity contribution >= 4 is 16.6 Å². The van der Waals surface area contributed by atoms with Crippen molar-refractivity contribution in [1.29, 1.82) is 0 Å².